The third-order valence-corrected chi connectivity index (χ3v) is 2.79. The first-order chi connectivity index (χ1) is 6.09. The van der Waals surface area contributed by atoms with Gasteiger partial charge in [-0.3, -0.25) is 9.59 Å². The predicted molar refractivity (Wildman–Crippen MR) is 51.4 cm³/mol. The number of rotatable bonds is 4. The second-order valence-corrected chi connectivity index (χ2v) is 4.31. The molecule has 0 aromatic heterocycles. The van der Waals surface area contributed by atoms with E-state index in [2.05, 4.69) is 0 Å². The Morgan fingerprint density at radius 2 is 2.23 bits per heavy atom. The van der Waals surface area contributed by atoms with Gasteiger partial charge in [0, 0.05) is 25.2 Å². The molecule has 0 spiro atoms. The lowest BCUT2D eigenvalue weighted by atomic mass is 9.96. The van der Waals surface area contributed by atoms with Crippen molar-refractivity contribution in [1.29, 1.82) is 0 Å². The van der Waals surface area contributed by atoms with E-state index >= 15 is 0 Å². The molecule has 0 bridgehead atoms. The third-order valence-electron chi connectivity index (χ3n) is 2.79. The second-order valence-electron chi connectivity index (χ2n) is 4.31. The van der Waals surface area contributed by atoms with E-state index in [0.29, 0.717) is 30.3 Å². The minimum absolute atomic E-state index is 0.150. The molecule has 1 atom stereocenters. The summed E-state index contributed by atoms with van der Waals surface area (Å²) < 4.78 is 0. The standard InChI is InChI=1S/C11H18O2/c1-8(2)11(13)6-4-9-3-5-10(12)7-9/h8-9H,3-7H2,1-2H3. The van der Waals surface area contributed by atoms with Gasteiger partial charge in [-0.25, -0.2) is 0 Å². The smallest absolute Gasteiger partial charge is 0.135 e. The fourth-order valence-electron chi connectivity index (χ4n) is 1.77. The van der Waals surface area contributed by atoms with Crippen molar-refractivity contribution in [3.63, 3.8) is 0 Å². The molecule has 0 aromatic carbocycles. The molecule has 0 radical (unpaired) electrons. The first kappa shape index (κ1) is 10.4. The monoisotopic (exact) mass is 182 g/mol. The van der Waals surface area contributed by atoms with Gasteiger partial charge in [-0.15, -0.1) is 0 Å². The van der Waals surface area contributed by atoms with Gasteiger partial charge in [-0.05, 0) is 18.8 Å². The lowest BCUT2D eigenvalue weighted by molar-refractivity contribution is -0.122. The third kappa shape index (κ3) is 3.29. The van der Waals surface area contributed by atoms with Gasteiger partial charge in [0.2, 0.25) is 0 Å². The van der Waals surface area contributed by atoms with Crippen LogP contribution in [-0.2, 0) is 9.59 Å². The zero-order valence-electron chi connectivity index (χ0n) is 8.51. The lowest BCUT2D eigenvalue weighted by Crippen LogP contribution is -2.08. The minimum Gasteiger partial charge on any atom is -0.300 e. The van der Waals surface area contributed by atoms with Crippen LogP contribution in [-0.4, -0.2) is 11.6 Å². The Hall–Kier alpha value is -0.660. The summed E-state index contributed by atoms with van der Waals surface area (Å²) in [6.45, 7) is 3.87. The number of carbonyl (C=O) groups excluding carboxylic acids is 2. The number of hydrogen-bond donors (Lipinski definition) is 0. The molecule has 1 unspecified atom stereocenters. The van der Waals surface area contributed by atoms with Gasteiger partial charge in [0.25, 0.3) is 0 Å². The summed E-state index contributed by atoms with van der Waals surface area (Å²) in [7, 11) is 0. The summed E-state index contributed by atoms with van der Waals surface area (Å²) in [5.41, 5.74) is 0. The van der Waals surface area contributed by atoms with Gasteiger partial charge in [-0.2, -0.15) is 0 Å². The van der Waals surface area contributed by atoms with Crippen LogP contribution in [0.15, 0.2) is 0 Å². The first-order valence-electron chi connectivity index (χ1n) is 5.14. The molecular formula is C11H18O2. The molecule has 13 heavy (non-hydrogen) atoms. The highest BCUT2D eigenvalue weighted by molar-refractivity contribution is 5.82. The molecule has 1 fully saturated rings. The Morgan fingerprint density at radius 3 is 2.69 bits per heavy atom. The Bertz CT molecular complexity index is 206. The molecule has 1 saturated carbocycles. The van der Waals surface area contributed by atoms with Crippen molar-refractivity contribution in [1.82, 2.24) is 0 Å². The SMILES string of the molecule is CC(C)C(=O)CCC1CCC(=O)C1. The van der Waals surface area contributed by atoms with Crippen molar-refractivity contribution in [3.8, 4) is 0 Å². The van der Waals surface area contributed by atoms with E-state index in [1.807, 2.05) is 13.8 Å². The largest absolute Gasteiger partial charge is 0.300 e. The highest BCUT2D eigenvalue weighted by Gasteiger charge is 2.22. The molecule has 1 aliphatic carbocycles. The second kappa shape index (κ2) is 4.54. The maximum Gasteiger partial charge on any atom is 0.135 e. The highest BCUT2D eigenvalue weighted by atomic mass is 16.1. The molecule has 74 valence electrons. The van der Waals surface area contributed by atoms with E-state index in [9.17, 15) is 9.59 Å². The number of Topliss-reactive ketones (excluding diaryl/α,β-unsaturated/α-hetero) is 2. The molecule has 2 nitrogen and oxygen atoms in total. The van der Waals surface area contributed by atoms with Gasteiger partial charge < -0.3 is 0 Å². The van der Waals surface area contributed by atoms with Gasteiger partial charge in [0.05, 0.1) is 0 Å². The van der Waals surface area contributed by atoms with E-state index < -0.39 is 0 Å². The van der Waals surface area contributed by atoms with E-state index in [-0.39, 0.29) is 5.92 Å². The zero-order valence-corrected chi connectivity index (χ0v) is 8.51. The molecule has 0 aromatic rings. The summed E-state index contributed by atoms with van der Waals surface area (Å²) in [6.07, 6.45) is 4.04. The van der Waals surface area contributed by atoms with Crippen LogP contribution in [0.1, 0.15) is 46.0 Å². The summed E-state index contributed by atoms with van der Waals surface area (Å²) in [5, 5.41) is 0. The molecule has 2 heteroatoms. The number of ketones is 2. The van der Waals surface area contributed by atoms with E-state index in [0.717, 1.165) is 19.3 Å². The number of carbonyl (C=O) groups is 2. The average Bonchev–Trinajstić information content (AvgIpc) is 2.47. The van der Waals surface area contributed by atoms with Gasteiger partial charge in [0.15, 0.2) is 0 Å². The summed E-state index contributed by atoms with van der Waals surface area (Å²) >= 11 is 0. The first-order valence-corrected chi connectivity index (χ1v) is 5.14. The maximum absolute atomic E-state index is 11.3. The zero-order chi connectivity index (χ0) is 9.84. The molecule has 0 amide bonds. The molecule has 0 heterocycles. The summed E-state index contributed by atoms with van der Waals surface area (Å²) in [6, 6.07) is 0. The van der Waals surface area contributed by atoms with E-state index in [4.69, 9.17) is 0 Å². The normalized spacial score (nSPS) is 22.7. The van der Waals surface area contributed by atoms with Crippen molar-refractivity contribution in [2.45, 2.75) is 46.0 Å². The van der Waals surface area contributed by atoms with Crippen molar-refractivity contribution in [3.05, 3.63) is 0 Å². The summed E-state index contributed by atoms with van der Waals surface area (Å²) in [4.78, 5) is 22.2. The highest BCUT2D eigenvalue weighted by Crippen LogP contribution is 2.26. The van der Waals surface area contributed by atoms with E-state index in [1.54, 1.807) is 0 Å². The predicted octanol–water partition coefficient (Wildman–Crippen LogP) is 2.36. The van der Waals surface area contributed by atoms with Gasteiger partial charge in [-0.1, -0.05) is 13.8 Å². The van der Waals surface area contributed by atoms with Crippen LogP contribution < -0.4 is 0 Å². The Kier molecular flexibility index (Phi) is 3.64. The molecule has 0 N–H and O–H groups in total. The Balaban J connectivity index is 2.19. The Labute approximate surface area is 79.7 Å². The number of hydrogen-bond acceptors (Lipinski definition) is 2. The van der Waals surface area contributed by atoms with Crippen molar-refractivity contribution in [2.24, 2.45) is 11.8 Å². The van der Waals surface area contributed by atoms with E-state index in [1.165, 1.54) is 0 Å². The van der Waals surface area contributed by atoms with Crippen LogP contribution >= 0.6 is 0 Å². The molecule has 0 saturated heterocycles. The molecule has 1 rings (SSSR count). The molecule has 0 aliphatic heterocycles. The van der Waals surface area contributed by atoms with Crippen molar-refractivity contribution in [2.75, 3.05) is 0 Å². The van der Waals surface area contributed by atoms with Crippen LogP contribution in [0.5, 0.6) is 0 Å². The quantitative estimate of drug-likeness (QED) is 0.668. The van der Waals surface area contributed by atoms with Crippen LogP contribution in [0.25, 0.3) is 0 Å². The summed E-state index contributed by atoms with van der Waals surface area (Å²) in [5.74, 6) is 1.36. The molecular weight excluding hydrogens is 164 g/mol. The minimum atomic E-state index is 0.150. The van der Waals surface area contributed by atoms with Crippen LogP contribution in [0.2, 0.25) is 0 Å². The lowest BCUT2D eigenvalue weighted by Gasteiger charge is -2.08. The van der Waals surface area contributed by atoms with Crippen molar-refractivity contribution >= 4 is 11.6 Å². The average molecular weight is 182 g/mol. The van der Waals surface area contributed by atoms with Crippen LogP contribution in [0, 0.1) is 11.8 Å². The topological polar surface area (TPSA) is 34.1 Å². The molecule has 1 aliphatic rings. The van der Waals surface area contributed by atoms with Crippen LogP contribution in [0.4, 0.5) is 0 Å². The van der Waals surface area contributed by atoms with Crippen molar-refractivity contribution < 1.29 is 9.59 Å². The fourth-order valence-corrected chi connectivity index (χ4v) is 1.77. The van der Waals surface area contributed by atoms with Crippen LogP contribution in [0.3, 0.4) is 0 Å². The fraction of sp³-hybridized carbons (Fsp3) is 0.818. The van der Waals surface area contributed by atoms with Gasteiger partial charge >= 0.3 is 0 Å². The van der Waals surface area contributed by atoms with Gasteiger partial charge in [0.1, 0.15) is 11.6 Å². The maximum atomic E-state index is 11.3. The Morgan fingerprint density at radius 1 is 1.54 bits per heavy atom.